The molecule has 0 aliphatic heterocycles. The van der Waals surface area contributed by atoms with Crippen LogP contribution in [-0.2, 0) is 0 Å². The number of hydrogen-bond acceptors (Lipinski definition) is 3. The topological polar surface area (TPSA) is 50.4 Å². The Hall–Kier alpha value is -3.27. The number of rotatable bonds is 5. The number of anilines is 3. The number of hydrogen-bond donors (Lipinski definition) is 2. The third kappa shape index (κ3) is 3.98. The number of nitrogens with one attached hydrogen (secondary N) is 2. The highest BCUT2D eigenvalue weighted by Gasteiger charge is 2.08. The van der Waals surface area contributed by atoms with E-state index < -0.39 is 0 Å². The highest BCUT2D eigenvalue weighted by molar-refractivity contribution is 6.05. The van der Waals surface area contributed by atoms with E-state index >= 15 is 0 Å². The molecular weight excluding hydrogens is 312 g/mol. The zero-order valence-electron chi connectivity index (χ0n) is 14.2. The first-order valence-electron chi connectivity index (χ1n) is 8.04. The summed E-state index contributed by atoms with van der Waals surface area (Å²) in [5, 5.41) is 6.23. The third-order valence-electron chi connectivity index (χ3n) is 3.92. The molecule has 0 saturated heterocycles. The summed E-state index contributed by atoms with van der Waals surface area (Å²) in [6.07, 6.45) is 0. The Morgan fingerprint density at radius 1 is 0.840 bits per heavy atom. The molecule has 3 aromatic carbocycles. The van der Waals surface area contributed by atoms with Crippen molar-refractivity contribution in [2.75, 3.05) is 17.7 Å². The predicted molar refractivity (Wildman–Crippen MR) is 102 cm³/mol. The van der Waals surface area contributed by atoms with E-state index in [2.05, 4.69) is 10.6 Å². The van der Waals surface area contributed by atoms with Gasteiger partial charge in [0.1, 0.15) is 5.75 Å². The van der Waals surface area contributed by atoms with Crippen molar-refractivity contribution in [3.63, 3.8) is 0 Å². The zero-order valence-corrected chi connectivity index (χ0v) is 14.2. The van der Waals surface area contributed by atoms with E-state index in [1.807, 2.05) is 79.7 Å². The van der Waals surface area contributed by atoms with E-state index in [1.54, 1.807) is 7.11 Å². The van der Waals surface area contributed by atoms with Crippen LogP contribution in [0.1, 0.15) is 15.9 Å². The van der Waals surface area contributed by atoms with Gasteiger partial charge in [-0.15, -0.1) is 0 Å². The first kappa shape index (κ1) is 16.6. The SMILES string of the molecule is COc1ccccc1Nc1ccc(NC(=O)c2ccccc2C)cc1. The number of amides is 1. The van der Waals surface area contributed by atoms with Crippen molar-refractivity contribution < 1.29 is 9.53 Å². The lowest BCUT2D eigenvalue weighted by molar-refractivity contribution is 0.102. The second kappa shape index (κ2) is 7.53. The van der Waals surface area contributed by atoms with Crippen LogP contribution in [0.25, 0.3) is 0 Å². The summed E-state index contributed by atoms with van der Waals surface area (Å²) in [4.78, 5) is 12.4. The van der Waals surface area contributed by atoms with Gasteiger partial charge in [-0.3, -0.25) is 4.79 Å². The lowest BCUT2D eigenvalue weighted by Gasteiger charge is -2.12. The van der Waals surface area contributed by atoms with Crippen LogP contribution >= 0.6 is 0 Å². The van der Waals surface area contributed by atoms with Crippen molar-refractivity contribution in [1.82, 2.24) is 0 Å². The smallest absolute Gasteiger partial charge is 0.255 e. The lowest BCUT2D eigenvalue weighted by atomic mass is 10.1. The molecule has 3 aromatic rings. The molecule has 0 heterocycles. The van der Waals surface area contributed by atoms with E-state index in [1.165, 1.54) is 0 Å². The summed E-state index contributed by atoms with van der Waals surface area (Å²) in [6.45, 7) is 1.93. The summed E-state index contributed by atoms with van der Waals surface area (Å²) in [5.74, 6) is 0.669. The number of ether oxygens (including phenoxy) is 1. The molecule has 0 aliphatic carbocycles. The van der Waals surface area contributed by atoms with Crippen LogP contribution in [0.2, 0.25) is 0 Å². The monoisotopic (exact) mass is 332 g/mol. The fraction of sp³-hybridized carbons (Fsp3) is 0.0952. The van der Waals surface area contributed by atoms with Gasteiger partial charge in [0, 0.05) is 16.9 Å². The van der Waals surface area contributed by atoms with Crippen LogP contribution < -0.4 is 15.4 Å². The van der Waals surface area contributed by atoms with E-state index in [-0.39, 0.29) is 5.91 Å². The van der Waals surface area contributed by atoms with Crippen molar-refractivity contribution in [3.8, 4) is 5.75 Å². The van der Waals surface area contributed by atoms with Gasteiger partial charge in [0.05, 0.1) is 12.8 Å². The predicted octanol–water partition coefficient (Wildman–Crippen LogP) is 5.00. The number of aryl methyl sites for hydroxylation is 1. The molecule has 2 N–H and O–H groups in total. The molecule has 25 heavy (non-hydrogen) atoms. The van der Waals surface area contributed by atoms with Gasteiger partial charge in [-0.2, -0.15) is 0 Å². The summed E-state index contributed by atoms with van der Waals surface area (Å²) >= 11 is 0. The molecule has 0 unspecified atom stereocenters. The van der Waals surface area contributed by atoms with Crippen molar-refractivity contribution in [2.24, 2.45) is 0 Å². The molecule has 0 radical (unpaired) electrons. The molecular formula is C21H20N2O2. The van der Waals surface area contributed by atoms with Gasteiger partial charge in [0.2, 0.25) is 0 Å². The average molecular weight is 332 g/mol. The fourth-order valence-corrected chi connectivity index (χ4v) is 2.57. The standard InChI is InChI=1S/C21H20N2O2/c1-15-7-3-4-8-18(15)21(24)23-17-13-11-16(12-14-17)22-19-9-5-6-10-20(19)25-2/h3-14,22H,1-2H3,(H,23,24). The van der Waals surface area contributed by atoms with Crippen LogP contribution in [0.4, 0.5) is 17.1 Å². The molecule has 4 nitrogen and oxygen atoms in total. The molecule has 0 saturated carbocycles. The highest BCUT2D eigenvalue weighted by Crippen LogP contribution is 2.27. The van der Waals surface area contributed by atoms with E-state index in [9.17, 15) is 4.79 Å². The largest absolute Gasteiger partial charge is 0.495 e. The zero-order chi connectivity index (χ0) is 17.6. The van der Waals surface area contributed by atoms with Crippen LogP contribution in [-0.4, -0.2) is 13.0 Å². The summed E-state index contributed by atoms with van der Waals surface area (Å²) in [6, 6.07) is 22.8. The molecule has 0 atom stereocenters. The number of methoxy groups -OCH3 is 1. The second-order valence-corrected chi connectivity index (χ2v) is 5.67. The molecule has 3 rings (SSSR count). The Bertz CT molecular complexity index is 873. The minimum Gasteiger partial charge on any atom is -0.495 e. The molecule has 1 amide bonds. The van der Waals surface area contributed by atoms with Crippen molar-refractivity contribution in [1.29, 1.82) is 0 Å². The number of carbonyl (C=O) groups excluding carboxylic acids is 1. The summed E-state index contributed by atoms with van der Waals surface area (Å²) < 4.78 is 5.33. The maximum absolute atomic E-state index is 12.4. The fourth-order valence-electron chi connectivity index (χ4n) is 2.57. The molecule has 126 valence electrons. The molecule has 0 aromatic heterocycles. The minimum absolute atomic E-state index is 0.108. The first-order chi connectivity index (χ1) is 12.2. The van der Waals surface area contributed by atoms with Crippen LogP contribution in [0.15, 0.2) is 72.8 Å². The minimum atomic E-state index is -0.108. The number of benzene rings is 3. The quantitative estimate of drug-likeness (QED) is 0.691. The molecule has 0 bridgehead atoms. The maximum Gasteiger partial charge on any atom is 0.255 e. The molecule has 0 aliphatic rings. The average Bonchev–Trinajstić information content (AvgIpc) is 2.64. The van der Waals surface area contributed by atoms with Gasteiger partial charge in [-0.25, -0.2) is 0 Å². The Balaban J connectivity index is 1.70. The van der Waals surface area contributed by atoms with Gasteiger partial charge in [-0.05, 0) is 55.0 Å². The normalized spacial score (nSPS) is 10.2. The Morgan fingerprint density at radius 2 is 1.48 bits per heavy atom. The third-order valence-corrected chi connectivity index (χ3v) is 3.92. The summed E-state index contributed by atoms with van der Waals surface area (Å²) in [7, 11) is 1.64. The van der Waals surface area contributed by atoms with E-state index in [4.69, 9.17) is 4.74 Å². The van der Waals surface area contributed by atoms with Crippen LogP contribution in [0.3, 0.4) is 0 Å². The van der Waals surface area contributed by atoms with E-state index in [0.29, 0.717) is 5.56 Å². The highest BCUT2D eigenvalue weighted by atomic mass is 16.5. The van der Waals surface area contributed by atoms with Crippen molar-refractivity contribution in [3.05, 3.63) is 83.9 Å². The molecule has 4 heteroatoms. The van der Waals surface area contributed by atoms with Crippen molar-refractivity contribution >= 4 is 23.0 Å². The van der Waals surface area contributed by atoms with Crippen LogP contribution in [0.5, 0.6) is 5.75 Å². The second-order valence-electron chi connectivity index (χ2n) is 5.67. The number of para-hydroxylation sites is 2. The summed E-state index contributed by atoms with van der Waals surface area (Å²) in [5.41, 5.74) is 4.19. The van der Waals surface area contributed by atoms with Gasteiger partial charge in [0.25, 0.3) is 5.91 Å². The Kier molecular flexibility index (Phi) is 5.00. The Morgan fingerprint density at radius 3 is 2.20 bits per heavy atom. The van der Waals surface area contributed by atoms with E-state index in [0.717, 1.165) is 28.4 Å². The van der Waals surface area contributed by atoms with Crippen LogP contribution in [0, 0.1) is 6.92 Å². The number of carbonyl (C=O) groups is 1. The van der Waals surface area contributed by atoms with Gasteiger partial charge < -0.3 is 15.4 Å². The van der Waals surface area contributed by atoms with Gasteiger partial charge >= 0.3 is 0 Å². The first-order valence-corrected chi connectivity index (χ1v) is 8.04. The Labute approximate surface area is 147 Å². The van der Waals surface area contributed by atoms with Gasteiger partial charge in [-0.1, -0.05) is 30.3 Å². The van der Waals surface area contributed by atoms with Crippen molar-refractivity contribution in [2.45, 2.75) is 6.92 Å². The lowest BCUT2D eigenvalue weighted by Crippen LogP contribution is -2.13. The van der Waals surface area contributed by atoms with Gasteiger partial charge in [0.15, 0.2) is 0 Å². The molecule has 0 spiro atoms. The molecule has 0 fully saturated rings. The maximum atomic E-state index is 12.4.